The molecular formula is C12H12F3N3O2. The molecule has 0 radical (unpaired) electrons. The van der Waals surface area contributed by atoms with Crippen molar-refractivity contribution in [2.75, 3.05) is 18.0 Å². The fraction of sp³-hybridized carbons (Fsp3) is 0.417. The number of hydrogen-bond acceptors (Lipinski definition) is 4. The van der Waals surface area contributed by atoms with Crippen LogP contribution < -0.4 is 10.6 Å². The van der Waals surface area contributed by atoms with Crippen LogP contribution in [0.25, 0.3) is 0 Å². The standard InChI is InChI=1S/C12H12F3N3O2/c13-12(14,15)9-4-3-8(10(16)20)11(17-9)18-5-1-2-7(19)6-18/h3-4H,1-2,5-6H2,(H2,16,20). The number of rotatable bonds is 2. The van der Waals surface area contributed by atoms with Crippen molar-refractivity contribution in [1.82, 2.24) is 4.98 Å². The van der Waals surface area contributed by atoms with Crippen LogP contribution in [0.4, 0.5) is 19.0 Å². The van der Waals surface area contributed by atoms with Gasteiger partial charge in [0.25, 0.3) is 5.91 Å². The Morgan fingerprint density at radius 1 is 1.35 bits per heavy atom. The molecule has 0 spiro atoms. The number of amides is 1. The van der Waals surface area contributed by atoms with Gasteiger partial charge in [-0.3, -0.25) is 9.59 Å². The maximum Gasteiger partial charge on any atom is 0.433 e. The third kappa shape index (κ3) is 2.89. The van der Waals surface area contributed by atoms with Crippen LogP contribution >= 0.6 is 0 Å². The quantitative estimate of drug-likeness (QED) is 0.891. The summed E-state index contributed by atoms with van der Waals surface area (Å²) in [4.78, 5) is 27.5. The molecular weight excluding hydrogens is 275 g/mol. The number of carbonyl (C=O) groups is 2. The molecule has 0 aromatic carbocycles. The van der Waals surface area contributed by atoms with Gasteiger partial charge in [-0.15, -0.1) is 0 Å². The number of hydrogen-bond donors (Lipinski definition) is 1. The Labute approximate surface area is 112 Å². The highest BCUT2D eigenvalue weighted by Gasteiger charge is 2.34. The molecule has 1 aliphatic heterocycles. The molecule has 1 aliphatic rings. The molecule has 0 atom stereocenters. The molecule has 20 heavy (non-hydrogen) atoms. The lowest BCUT2D eigenvalue weighted by Crippen LogP contribution is -2.38. The topological polar surface area (TPSA) is 76.3 Å². The highest BCUT2D eigenvalue weighted by Crippen LogP contribution is 2.31. The average molecular weight is 287 g/mol. The van der Waals surface area contributed by atoms with Crippen LogP contribution in [0.3, 0.4) is 0 Å². The Hall–Kier alpha value is -2.12. The van der Waals surface area contributed by atoms with Crippen molar-refractivity contribution in [3.8, 4) is 0 Å². The van der Waals surface area contributed by atoms with E-state index in [1.165, 1.54) is 4.90 Å². The van der Waals surface area contributed by atoms with E-state index >= 15 is 0 Å². The van der Waals surface area contributed by atoms with Gasteiger partial charge in [0.1, 0.15) is 11.5 Å². The van der Waals surface area contributed by atoms with Crippen LogP contribution in [0, 0.1) is 0 Å². The molecule has 108 valence electrons. The Kier molecular flexibility index (Phi) is 3.65. The second-order valence-corrected chi connectivity index (χ2v) is 4.49. The molecule has 0 unspecified atom stereocenters. The number of nitrogens with zero attached hydrogens (tertiary/aromatic N) is 2. The number of ketones is 1. The van der Waals surface area contributed by atoms with Gasteiger partial charge in [-0.1, -0.05) is 0 Å². The molecule has 2 rings (SSSR count). The summed E-state index contributed by atoms with van der Waals surface area (Å²) in [6.45, 7) is 0.301. The van der Waals surface area contributed by atoms with Crippen molar-refractivity contribution in [2.24, 2.45) is 5.73 Å². The molecule has 0 saturated carbocycles. The Balaban J connectivity index is 2.46. The van der Waals surface area contributed by atoms with Crippen molar-refractivity contribution >= 4 is 17.5 Å². The second kappa shape index (κ2) is 5.10. The number of piperidine rings is 1. The van der Waals surface area contributed by atoms with E-state index in [2.05, 4.69) is 4.98 Å². The molecule has 2 N–H and O–H groups in total. The van der Waals surface area contributed by atoms with Gasteiger partial charge in [0.2, 0.25) is 0 Å². The third-order valence-corrected chi connectivity index (χ3v) is 2.98. The summed E-state index contributed by atoms with van der Waals surface area (Å²) >= 11 is 0. The van der Waals surface area contributed by atoms with Gasteiger partial charge >= 0.3 is 6.18 Å². The summed E-state index contributed by atoms with van der Waals surface area (Å²) in [7, 11) is 0. The minimum atomic E-state index is -4.62. The van der Waals surface area contributed by atoms with E-state index in [1.54, 1.807) is 0 Å². The van der Waals surface area contributed by atoms with Crippen LogP contribution in [-0.2, 0) is 11.0 Å². The van der Waals surface area contributed by atoms with E-state index < -0.39 is 17.8 Å². The van der Waals surface area contributed by atoms with E-state index in [9.17, 15) is 22.8 Å². The highest BCUT2D eigenvalue weighted by molar-refractivity contribution is 5.98. The van der Waals surface area contributed by atoms with Crippen molar-refractivity contribution in [3.05, 3.63) is 23.4 Å². The molecule has 1 aromatic heterocycles. The number of halogens is 3. The Bertz CT molecular complexity index is 557. The van der Waals surface area contributed by atoms with E-state index in [1.807, 2.05) is 0 Å². The van der Waals surface area contributed by atoms with Crippen LogP contribution in [0.5, 0.6) is 0 Å². The number of nitrogens with two attached hydrogens (primary N) is 1. The van der Waals surface area contributed by atoms with E-state index in [-0.39, 0.29) is 23.7 Å². The first-order chi connectivity index (χ1) is 9.29. The third-order valence-electron chi connectivity index (χ3n) is 2.98. The van der Waals surface area contributed by atoms with Gasteiger partial charge in [0.05, 0.1) is 12.1 Å². The van der Waals surface area contributed by atoms with Crippen LogP contribution in [0.1, 0.15) is 28.9 Å². The van der Waals surface area contributed by atoms with Crippen LogP contribution in [0.2, 0.25) is 0 Å². The minimum Gasteiger partial charge on any atom is -0.365 e. The lowest BCUT2D eigenvalue weighted by Gasteiger charge is -2.28. The van der Waals surface area contributed by atoms with Crippen molar-refractivity contribution in [2.45, 2.75) is 19.0 Å². The zero-order valence-electron chi connectivity index (χ0n) is 10.4. The first kappa shape index (κ1) is 14.3. The van der Waals surface area contributed by atoms with Gasteiger partial charge in [-0.05, 0) is 18.6 Å². The normalized spacial score (nSPS) is 16.4. The zero-order valence-corrected chi connectivity index (χ0v) is 10.4. The molecule has 0 aliphatic carbocycles. The Morgan fingerprint density at radius 3 is 2.60 bits per heavy atom. The van der Waals surface area contributed by atoms with Gasteiger partial charge in [0, 0.05) is 13.0 Å². The minimum absolute atomic E-state index is 0.0609. The van der Waals surface area contributed by atoms with Gasteiger partial charge in [0.15, 0.2) is 5.78 Å². The summed E-state index contributed by atoms with van der Waals surface area (Å²) in [6, 6.07) is 1.70. The maximum atomic E-state index is 12.7. The summed E-state index contributed by atoms with van der Waals surface area (Å²) in [6.07, 6.45) is -3.74. The fourth-order valence-corrected chi connectivity index (χ4v) is 2.06. The predicted octanol–water partition coefficient (Wildman–Crippen LogP) is 1.37. The summed E-state index contributed by atoms with van der Waals surface area (Å²) in [5, 5.41) is 0. The van der Waals surface area contributed by atoms with Crippen LogP contribution in [0.15, 0.2) is 12.1 Å². The van der Waals surface area contributed by atoms with Crippen molar-refractivity contribution < 1.29 is 22.8 Å². The number of anilines is 1. The number of primary amides is 1. The number of pyridine rings is 1. The maximum absolute atomic E-state index is 12.7. The van der Waals surface area contributed by atoms with Gasteiger partial charge in [-0.2, -0.15) is 13.2 Å². The van der Waals surface area contributed by atoms with Gasteiger partial charge < -0.3 is 10.6 Å². The predicted molar refractivity (Wildman–Crippen MR) is 64.2 cm³/mol. The summed E-state index contributed by atoms with van der Waals surface area (Å²) in [5.74, 6) is -1.16. The molecule has 1 amide bonds. The fourth-order valence-electron chi connectivity index (χ4n) is 2.06. The van der Waals surface area contributed by atoms with E-state index in [0.717, 1.165) is 6.07 Å². The van der Waals surface area contributed by atoms with Crippen molar-refractivity contribution in [3.63, 3.8) is 0 Å². The molecule has 1 aromatic rings. The smallest absolute Gasteiger partial charge is 0.365 e. The first-order valence-electron chi connectivity index (χ1n) is 5.93. The summed E-state index contributed by atoms with van der Waals surface area (Å²) in [5.41, 5.74) is 3.91. The number of aromatic nitrogens is 1. The van der Waals surface area contributed by atoms with Crippen molar-refractivity contribution in [1.29, 1.82) is 0 Å². The second-order valence-electron chi connectivity index (χ2n) is 4.49. The zero-order chi connectivity index (χ0) is 14.9. The van der Waals surface area contributed by atoms with E-state index in [0.29, 0.717) is 25.5 Å². The largest absolute Gasteiger partial charge is 0.433 e. The summed E-state index contributed by atoms with van der Waals surface area (Å²) < 4.78 is 38.0. The lowest BCUT2D eigenvalue weighted by atomic mass is 10.1. The number of alkyl halides is 3. The number of carbonyl (C=O) groups excluding carboxylic acids is 2. The molecule has 1 saturated heterocycles. The molecule has 1 fully saturated rings. The SMILES string of the molecule is NC(=O)c1ccc(C(F)(F)F)nc1N1CCCC(=O)C1. The van der Waals surface area contributed by atoms with Gasteiger partial charge in [-0.25, -0.2) is 4.98 Å². The molecule has 8 heteroatoms. The first-order valence-corrected chi connectivity index (χ1v) is 5.93. The molecule has 2 heterocycles. The average Bonchev–Trinajstić information content (AvgIpc) is 2.37. The monoisotopic (exact) mass is 287 g/mol. The molecule has 5 nitrogen and oxygen atoms in total. The van der Waals surface area contributed by atoms with E-state index in [4.69, 9.17) is 5.73 Å². The Morgan fingerprint density at radius 2 is 2.05 bits per heavy atom. The highest BCUT2D eigenvalue weighted by atomic mass is 19.4. The number of Topliss-reactive ketones (excluding diaryl/α,β-unsaturated/α-hetero) is 1. The van der Waals surface area contributed by atoms with Crippen LogP contribution in [-0.4, -0.2) is 29.8 Å². The molecule has 0 bridgehead atoms. The lowest BCUT2D eigenvalue weighted by molar-refractivity contribution is -0.141.